The number of rotatable bonds is 8. The summed E-state index contributed by atoms with van der Waals surface area (Å²) in [7, 11) is 1.41. The average molecular weight is 443 g/mol. The molecule has 3 heterocycles. The van der Waals surface area contributed by atoms with Gasteiger partial charge in [0.2, 0.25) is 0 Å². The molecule has 1 aliphatic rings. The zero-order chi connectivity index (χ0) is 21.6. The van der Waals surface area contributed by atoms with Crippen LogP contribution in [0, 0.1) is 6.92 Å². The van der Waals surface area contributed by atoms with Gasteiger partial charge in [0, 0.05) is 24.4 Å². The van der Waals surface area contributed by atoms with Gasteiger partial charge in [-0.2, -0.15) is 0 Å². The number of methoxy groups -OCH3 is 1. The van der Waals surface area contributed by atoms with Crippen LogP contribution in [0.4, 0.5) is 0 Å². The van der Waals surface area contributed by atoms with Crippen LogP contribution < -0.4 is 4.74 Å². The van der Waals surface area contributed by atoms with Gasteiger partial charge in [-0.1, -0.05) is 18.2 Å². The molecule has 0 N–H and O–H groups in total. The third kappa shape index (κ3) is 5.33. The highest BCUT2D eigenvalue weighted by Gasteiger charge is 2.30. The van der Waals surface area contributed by atoms with E-state index in [1.54, 1.807) is 11.3 Å². The van der Waals surface area contributed by atoms with Crippen molar-refractivity contribution in [1.29, 1.82) is 0 Å². The summed E-state index contributed by atoms with van der Waals surface area (Å²) in [6, 6.07) is 11.7. The fourth-order valence-electron chi connectivity index (χ4n) is 3.73. The zero-order valence-corrected chi connectivity index (χ0v) is 18.5. The lowest BCUT2D eigenvalue weighted by molar-refractivity contribution is -0.153. The number of hydrogen-bond donors (Lipinski definition) is 0. The van der Waals surface area contributed by atoms with Gasteiger partial charge in [0.15, 0.2) is 6.39 Å². The highest BCUT2D eigenvalue weighted by molar-refractivity contribution is 7.09. The second kappa shape index (κ2) is 10.1. The first-order valence-corrected chi connectivity index (χ1v) is 11.1. The van der Waals surface area contributed by atoms with Crippen LogP contribution in [0.3, 0.4) is 0 Å². The number of aryl methyl sites for hydroxylation is 1. The van der Waals surface area contributed by atoms with Crippen LogP contribution in [0.2, 0.25) is 0 Å². The van der Waals surface area contributed by atoms with E-state index in [-0.39, 0.29) is 12.1 Å². The molecule has 1 fully saturated rings. The first-order chi connectivity index (χ1) is 15.1. The predicted octanol–water partition coefficient (Wildman–Crippen LogP) is 3.78. The second-order valence-electron chi connectivity index (χ2n) is 7.42. The van der Waals surface area contributed by atoms with Crippen molar-refractivity contribution < 1.29 is 23.4 Å². The van der Waals surface area contributed by atoms with Crippen LogP contribution in [0.25, 0.3) is 0 Å². The molecule has 164 valence electrons. The number of carbonyl (C=O) groups is 1. The maximum Gasteiger partial charge on any atom is 0.325 e. The molecular formula is C23H26N2O5S. The number of nitrogens with zero attached hydrogens (tertiary/aromatic N) is 2. The molecule has 2 atom stereocenters. The van der Waals surface area contributed by atoms with Crippen LogP contribution in [0.1, 0.15) is 28.0 Å². The molecule has 1 aliphatic heterocycles. The van der Waals surface area contributed by atoms with Gasteiger partial charge in [-0.25, -0.2) is 4.98 Å². The summed E-state index contributed by atoms with van der Waals surface area (Å²) in [5, 5.41) is 2.06. The van der Waals surface area contributed by atoms with Crippen molar-refractivity contribution in [3.05, 3.63) is 70.1 Å². The van der Waals surface area contributed by atoms with Gasteiger partial charge in [-0.3, -0.25) is 9.69 Å². The van der Waals surface area contributed by atoms with Gasteiger partial charge in [-0.05, 0) is 36.1 Å². The lowest BCUT2D eigenvalue weighted by atomic mass is 10.1. The van der Waals surface area contributed by atoms with Gasteiger partial charge < -0.3 is 18.6 Å². The Morgan fingerprint density at radius 2 is 2.26 bits per heavy atom. The van der Waals surface area contributed by atoms with Gasteiger partial charge in [-0.15, -0.1) is 11.3 Å². The monoisotopic (exact) mass is 442 g/mol. The van der Waals surface area contributed by atoms with Crippen molar-refractivity contribution in [2.24, 2.45) is 0 Å². The topological polar surface area (TPSA) is 74.0 Å². The maximum absolute atomic E-state index is 12.1. The summed E-state index contributed by atoms with van der Waals surface area (Å²) >= 11 is 1.70. The number of benzene rings is 1. The maximum atomic E-state index is 12.1. The molecule has 0 bridgehead atoms. The molecular weight excluding hydrogens is 416 g/mol. The molecule has 4 rings (SSSR count). The Kier molecular flexibility index (Phi) is 7.01. The minimum atomic E-state index is -0.396. The summed E-state index contributed by atoms with van der Waals surface area (Å²) in [6.45, 7) is 4.12. The number of thiophene rings is 1. The number of aromatic nitrogens is 1. The summed E-state index contributed by atoms with van der Waals surface area (Å²) < 4.78 is 22.2. The molecule has 2 aromatic heterocycles. The molecule has 0 saturated carbocycles. The van der Waals surface area contributed by atoms with Crippen molar-refractivity contribution in [1.82, 2.24) is 9.88 Å². The van der Waals surface area contributed by atoms with Crippen LogP contribution in [-0.4, -0.2) is 48.8 Å². The van der Waals surface area contributed by atoms with E-state index in [0.717, 1.165) is 22.8 Å². The highest BCUT2D eigenvalue weighted by Crippen LogP contribution is 2.29. The molecule has 0 amide bonds. The van der Waals surface area contributed by atoms with Crippen LogP contribution in [0.15, 0.2) is 52.6 Å². The molecule has 0 aliphatic carbocycles. The Hall–Kier alpha value is -2.68. The van der Waals surface area contributed by atoms with Gasteiger partial charge in [0.05, 0.1) is 20.3 Å². The molecule has 31 heavy (non-hydrogen) atoms. The number of hydrogen-bond acceptors (Lipinski definition) is 8. The predicted molar refractivity (Wildman–Crippen MR) is 116 cm³/mol. The van der Waals surface area contributed by atoms with E-state index in [1.165, 1.54) is 18.4 Å². The Morgan fingerprint density at radius 1 is 1.35 bits per heavy atom. The number of morpholine rings is 1. The summed E-state index contributed by atoms with van der Waals surface area (Å²) in [5.74, 6) is 1.24. The lowest BCUT2D eigenvalue weighted by Gasteiger charge is -2.33. The number of ether oxygens (including phenoxy) is 3. The normalized spacial score (nSPS) is 17.9. The van der Waals surface area contributed by atoms with E-state index in [4.69, 9.17) is 18.6 Å². The second-order valence-corrected chi connectivity index (χ2v) is 8.45. The average Bonchev–Trinajstić information content (AvgIpc) is 3.45. The van der Waals surface area contributed by atoms with E-state index in [2.05, 4.69) is 21.3 Å². The molecule has 1 aromatic carbocycles. The first kappa shape index (κ1) is 21.5. The molecule has 1 unspecified atom stereocenters. The number of carbonyl (C=O) groups excluding carboxylic acids is 1. The van der Waals surface area contributed by atoms with Crippen LogP contribution >= 0.6 is 11.3 Å². The molecule has 1 saturated heterocycles. The van der Waals surface area contributed by atoms with E-state index < -0.39 is 6.04 Å². The highest BCUT2D eigenvalue weighted by atomic mass is 32.1. The van der Waals surface area contributed by atoms with E-state index in [9.17, 15) is 4.79 Å². The Balaban J connectivity index is 1.51. The molecule has 3 aromatic rings. The Labute approximate surface area is 185 Å². The van der Waals surface area contributed by atoms with E-state index >= 15 is 0 Å². The van der Waals surface area contributed by atoms with Gasteiger partial charge >= 0.3 is 5.97 Å². The largest absolute Gasteiger partial charge is 0.484 e. The molecule has 8 heteroatoms. The third-order valence-electron chi connectivity index (χ3n) is 5.33. The summed E-state index contributed by atoms with van der Waals surface area (Å²) in [5.41, 5.74) is 1.86. The van der Waals surface area contributed by atoms with Crippen LogP contribution in [0.5, 0.6) is 5.75 Å². The van der Waals surface area contributed by atoms with Crippen molar-refractivity contribution in [3.63, 3.8) is 0 Å². The molecule has 0 spiro atoms. The van der Waals surface area contributed by atoms with Gasteiger partial charge in [0.25, 0.3) is 0 Å². The number of oxazole rings is 1. The van der Waals surface area contributed by atoms with E-state index in [0.29, 0.717) is 32.7 Å². The Morgan fingerprint density at radius 3 is 3.00 bits per heavy atom. The third-order valence-corrected chi connectivity index (χ3v) is 6.23. The summed E-state index contributed by atoms with van der Waals surface area (Å²) in [4.78, 5) is 19.8. The van der Waals surface area contributed by atoms with Crippen molar-refractivity contribution in [2.45, 2.75) is 32.0 Å². The SMILES string of the molecule is COC(=O)[C@@H]1COCCN1Cc1cccc(OC(Cc2cccs2)c2ncoc2C)c1. The smallest absolute Gasteiger partial charge is 0.325 e. The molecule has 0 radical (unpaired) electrons. The lowest BCUT2D eigenvalue weighted by Crippen LogP contribution is -2.49. The summed E-state index contributed by atoms with van der Waals surface area (Å²) in [6.07, 6.45) is 1.92. The fourth-order valence-corrected chi connectivity index (χ4v) is 4.46. The first-order valence-electron chi connectivity index (χ1n) is 10.2. The van der Waals surface area contributed by atoms with Gasteiger partial charge in [0.1, 0.15) is 29.3 Å². The quantitative estimate of drug-likeness (QED) is 0.492. The Bertz CT molecular complexity index is 988. The van der Waals surface area contributed by atoms with Crippen molar-refractivity contribution >= 4 is 17.3 Å². The molecule has 7 nitrogen and oxygen atoms in total. The zero-order valence-electron chi connectivity index (χ0n) is 17.7. The van der Waals surface area contributed by atoms with Crippen molar-refractivity contribution in [3.8, 4) is 5.75 Å². The minimum absolute atomic E-state index is 0.251. The standard InChI is InChI=1S/C23H26N2O5S/c1-16-22(24-15-29-16)21(12-19-7-4-10-31-19)30-18-6-3-5-17(11-18)13-25-8-9-28-14-20(25)23(26)27-2/h3-7,10-11,15,20-21H,8-9,12-14H2,1-2H3/t20-,21?/m0/s1. The van der Waals surface area contributed by atoms with E-state index in [1.807, 2.05) is 37.3 Å². The fraction of sp³-hybridized carbons (Fsp3) is 0.391. The minimum Gasteiger partial charge on any atom is -0.484 e. The number of esters is 1. The van der Waals surface area contributed by atoms with Crippen LogP contribution in [-0.2, 0) is 27.2 Å². The van der Waals surface area contributed by atoms with Crippen molar-refractivity contribution in [2.75, 3.05) is 26.9 Å².